The summed E-state index contributed by atoms with van der Waals surface area (Å²) in [5.41, 5.74) is 3.94. The van der Waals surface area contributed by atoms with E-state index < -0.39 is 0 Å². The van der Waals surface area contributed by atoms with Gasteiger partial charge in [0.2, 0.25) is 0 Å². The first-order chi connectivity index (χ1) is 6.67. The lowest BCUT2D eigenvalue weighted by Crippen LogP contribution is -2.40. The molecule has 14 heavy (non-hydrogen) atoms. The summed E-state index contributed by atoms with van der Waals surface area (Å²) < 4.78 is 0. The summed E-state index contributed by atoms with van der Waals surface area (Å²) in [6.07, 6.45) is 3.64. The second kappa shape index (κ2) is 5.05. The molecule has 0 aliphatic heterocycles. The highest BCUT2D eigenvalue weighted by atomic mass is 15.3. The zero-order valence-corrected chi connectivity index (χ0v) is 8.75. The third-order valence-electron chi connectivity index (χ3n) is 2.26. The average molecular weight is 194 g/mol. The average Bonchev–Trinajstić information content (AvgIpc) is 2.19. The molecule has 1 aromatic rings. The van der Waals surface area contributed by atoms with Crippen LogP contribution >= 0.6 is 0 Å². The zero-order valence-electron chi connectivity index (χ0n) is 8.75. The predicted molar refractivity (Wildman–Crippen MR) is 57.5 cm³/mol. The van der Waals surface area contributed by atoms with Gasteiger partial charge >= 0.3 is 0 Å². The largest absolute Gasteiger partial charge is 0.303 e. The van der Waals surface area contributed by atoms with Crippen LogP contribution in [0.2, 0.25) is 0 Å². The summed E-state index contributed by atoms with van der Waals surface area (Å²) in [7, 11) is 0. The Balaban J connectivity index is 2.56. The topological polar surface area (TPSA) is 63.0 Å². The minimum Gasteiger partial charge on any atom is -0.303 e. The minimum atomic E-state index is 0.0970. The highest BCUT2D eigenvalue weighted by Crippen LogP contribution is 2.20. The van der Waals surface area contributed by atoms with Crippen molar-refractivity contribution in [3.05, 3.63) is 30.1 Å². The number of rotatable bonds is 5. The number of nitrogens with zero attached hydrogens (tertiary/aromatic N) is 1. The first kappa shape index (κ1) is 11.1. The minimum absolute atomic E-state index is 0.0970. The van der Waals surface area contributed by atoms with Crippen LogP contribution in [0.15, 0.2) is 24.5 Å². The summed E-state index contributed by atoms with van der Waals surface area (Å²) >= 11 is 0. The fraction of sp³-hybridized carbons (Fsp3) is 0.500. The third-order valence-corrected chi connectivity index (χ3v) is 2.26. The number of aromatic nitrogens is 1. The Bertz CT molecular complexity index is 258. The molecule has 0 aromatic carbocycles. The molecular formula is C10H18N4. The van der Waals surface area contributed by atoms with Crippen molar-refractivity contribution in [2.75, 3.05) is 13.2 Å². The van der Waals surface area contributed by atoms with Gasteiger partial charge in [-0.15, -0.1) is 0 Å². The van der Waals surface area contributed by atoms with Gasteiger partial charge in [0.1, 0.15) is 0 Å². The summed E-state index contributed by atoms with van der Waals surface area (Å²) in [5, 5.41) is 3.22. The third kappa shape index (κ3) is 3.06. The molecule has 0 fully saturated rings. The lowest BCUT2D eigenvalue weighted by atomic mass is 9.85. The van der Waals surface area contributed by atoms with E-state index in [0.717, 1.165) is 6.54 Å². The Hall–Kier alpha value is -0.970. The van der Waals surface area contributed by atoms with Crippen LogP contribution in [0.3, 0.4) is 0 Å². The molecule has 4 heteroatoms. The molecule has 0 spiro atoms. The van der Waals surface area contributed by atoms with Crippen LogP contribution in [0.1, 0.15) is 19.4 Å². The molecule has 0 atom stereocenters. The maximum atomic E-state index is 5.17. The first-order valence-electron chi connectivity index (χ1n) is 4.71. The van der Waals surface area contributed by atoms with E-state index in [2.05, 4.69) is 29.6 Å². The maximum Gasteiger partial charge on any atom is 0.0587 e. The highest BCUT2D eigenvalue weighted by Gasteiger charge is 2.19. The number of nitrogens with one attached hydrogen (secondary N) is 2. The van der Waals surface area contributed by atoms with Gasteiger partial charge in [-0.1, -0.05) is 13.8 Å². The van der Waals surface area contributed by atoms with Gasteiger partial charge in [0.25, 0.3) is 0 Å². The van der Waals surface area contributed by atoms with Gasteiger partial charge in [0, 0.05) is 24.4 Å². The van der Waals surface area contributed by atoms with Crippen LogP contribution in [-0.2, 0) is 5.41 Å². The molecule has 78 valence electrons. The molecule has 1 heterocycles. The van der Waals surface area contributed by atoms with Crippen molar-refractivity contribution in [3.8, 4) is 0 Å². The van der Waals surface area contributed by atoms with E-state index >= 15 is 0 Å². The van der Waals surface area contributed by atoms with E-state index in [9.17, 15) is 0 Å². The van der Waals surface area contributed by atoms with Crippen molar-refractivity contribution in [2.24, 2.45) is 5.84 Å². The van der Waals surface area contributed by atoms with E-state index in [1.54, 1.807) is 0 Å². The van der Waals surface area contributed by atoms with Crippen LogP contribution < -0.4 is 16.6 Å². The van der Waals surface area contributed by atoms with E-state index in [0.29, 0.717) is 6.67 Å². The number of hydrogen-bond acceptors (Lipinski definition) is 4. The Morgan fingerprint density at radius 1 is 1.36 bits per heavy atom. The number of nitrogens with two attached hydrogens (primary N) is 1. The second-order valence-corrected chi connectivity index (χ2v) is 3.93. The fourth-order valence-corrected chi connectivity index (χ4v) is 1.35. The second-order valence-electron chi connectivity index (χ2n) is 3.93. The summed E-state index contributed by atoms with van der Waals surface area (Å²) in [5.74, 6) is 5.17. The fourth-order valence-electron chi connectivity index (χ4n) is 1.35. The molecule has 4 nitrogen and oxygen atoms in total. The van der Waals surface area contributed by atoms with Crippen LogP contribution in [0.4, 0.5) is 0 Å². The maximum absolute atomic E-state index is 5.17. The molecular weight excluding hydrogens is 176 g/mol. The van der Waals surface area contributed by atoms with Crippen LogP contribution in [0.5, 0.6) is 0 Å². The normalized spacial score (nSPS) is 11.6. The van der Waals surface area contributed by atoms with Crippen molar-refractivity contribution < 1.29 is 0 Å². The Labute approximate surface area is 84.9 Å². The molecule has 0 aliphatic rings. The molecule has 0 unspecified atom stereocenters. The van der Waals surface area contributed by atoms with E-state index in [4.69, 9.17) is 5.84 Å². The molecule has 0 saturated heterocycles. The molecule has 0 aliphatic carbocycles. The van der Waals surface area contributed by atoms with Crippen molar-refractivity contribution in [3.63, 3.8) is 0 Å². The first-order valence-corrected chi connectivity index (χ1v) is 4.71. The SMILES string of the molecule is CC(C)(CNCNN)c1ccncc1. The smallest absolute Gasteiger partial charge is 0.0587 e. The van der Waals surface area contributed by atoms with Gasteiger partial charge < -0.3 is 5.32 Å². The Morgan fingerprint density at radius 2 is 2.00 bits per heavy atom. The van der Waals surface area contributed by atoms with Gasteiger partial charge in [-0.3, -0.25) is 10.8 Å². The molecule has 0 saturated carbocycles. The number of pyridine rings is 1. The van der Waals surface area contributed by atoms with E-state index in [1.807, 2.05) is 24.5 Å². The van der Waals surface area contributed by atoms with Crippen molar-refractivity contribution in [1.29, 1.82) is 0 Å². The van der Waals surface area contributed by atoms with Crippen molar-refractivity contribution in [1.82, 2.24) is 15.7 Å². The van der Waals surface area contributed by atoms with Gasteiger partial charge in [0.15, 0.2) is 0 Å². The quantitative estimate of drug-likeness (QED) is 0.274. The lowest BCUT2D eigenvalue weighted by molar-refractivity contribution is 0.454. The van der Waals surface area contributed by atoms with Gasteiger partial charge in [-0.05, 0) is 17.7 Å². The predicted octanol–water partition coefficient (Wildman–Crippen LogP) is 0.370. The van der Waals surface area contributed by atoms with Crippen LogP contribution in [0, 0.1) is 0 Å². The molecule has 1 aromatic heterocycles. The molecule has 1 rings (SSSR count). The Kier molecular flexibility index (Phi) is 4.00. The standard InChI is InChI=1S/C10H18N4/c1-10(2,7-13-8-14-11)9-3-5-12-6-4-9/h3-6,13-14H,7-8,11H2,1-2H3. The zero-order chi connectivity index (χ0) is 10.4. The Morgan fingerprint density at radius 3 is 2.57 bits per heavy atom. The molecule has 0 amide bonds. The van der Waals surface area contributed by atoms with Crippen molar-refractivity contribution >= 4 is 0 Å². The van der Waals surface area contributed by atoms with Gasteiger partial charge in [0.05, 0.1) is 6.67 Å². The van der Waals surface area contributed by atoms with Gasteiger partial charge in [-0.2, -0.15) is 0 Å². The number of hydrazine groups is 1. The summed E-state index contributed by atoms with van der Waals surface area (Å²) in [6, 6.07) is 4.08. The highest BCUT2D eigenvalue weighted by molar-refractivity contribution is 5.20. The van der Waals surface area contributed by atoms with Gasteiger partial charge in [-0.25, -0.2) is 5.43 Å². The van der Waals surface area contributed by atoms with Crippen LogP contribution in [-0.4, -0.2) is 18.2 Å². The number of hydrogen-bond donors (Lipinski definition) is 3. The van der Waals surface area contributed by atoms with E-state index in [1.165, 1.54) is 5.56 Å². The monoisotopic (exact) mass is 194 g/mol. The summed E-state index contributed by atoms with van der Waals surface area (Å²) in [4.78, 5) is 4.00. The molecule has 0 bridgehead atoms. The lowest BCUT2D eigenvalue weighted by Gasteiger charge is -2.25. The van der Waals surface area contributed by atoms with Crippen molar-refractivity contribution in [2.45, 2.75) is 19.3 Å². The molecule has 4 N–H and O–H groups in total. The molecule has 0 radical (unpaired) electrons. The van der Waals surface area contributed by atoms with E-state index in [-0.39, 0.29) is 5.41 Å². The summed E-state index contributed by atoms with van der Waals surface area (Å²) in [6.45, 7) is 5.87. The van der Waals surface area contributed by atoms with Crippen LogP contribution in [0.25, 0.3) is 0 Å².